The van der Waals surface area contributed by atoms with Crippen molar-refractivity contribution in [2.75, 3.05) is 25.9 Å². The fourth-order valence-corrected chi connectivity index (χ4v) is 5.27. The van der Waals surface area contributed by atoms with Crippen LogP contribution in [0.1, 0.15) is 28.9 Å². The molecular weight excluding hydrogens is 388 g/mol. The first-order valence-electron chi connectivity index (χ1n) is 9.67. The largest absolute Gasteiger partial charge is 0.338 e. The number of carbonyl (C=O) groups excluding carboxylic acids is 2. The van der Waals surface area contributed by atoms with E-state index in [9.17, 15) is 18.0 Å². The molecule has 6 nitrogen and oxygen atoms in total. The van der Waals surface area contributed by atoms with Gasteiger partial charge in [-0.05, 0) is 29.8 Å². The van der Waals surface area contributed by atoms with E-state index in [-0.39, 0.29) is 34.6 Å². The first-order chi connectivity index (χ1) is 13.8. The molecule has 0 saturated carbocycles. The number of sulfone groups is 1. The van der Waals surface area contributed by atoms with Crippen molar-refractivity contribution >= 4 is 21.7 Å². The van der Waals surface area contributed by atoms with Crippen molar-refractivity contribution in [3.05, 3.63) is 65.7 Å². The Kier molecular flexibility index (Phi) is 4.94. The summed E-state index contributed by atoms with van der Waals surface area (Å²) >= 11 is 0. The van der Waals surface area contributed by atoms with Gasteiger partial charge >= 0.3 is 0 Å². The van der Waals surface area contributed by atoms with Gasteiger partial charge in [0.05, 0.1) is 10.9 Å². The van der Waals surface area contributed by atoms with Crippen molar-refractivity contribution in [2.24, 2.45) is 11.8 Å². The van der Waals surface area contributed by atoms with Crippen LogP contribution in [0, 0.1) is 11.8 Å². The van der Waals surface area contributed by atoms with Crippen molar-refractivity contribution in [3.8, 4) is 0 Å². The number of likely N-dealkylation sites (tertiary alicyclic amines) is 2. The zero-order chi connectivity index (χ0) is 20.8. The highest BCUT2D eigenvalue weighted by atomic mass is 32.2. The predicted octanol–water partition coefficient (Wildman–Crippen LogP) is 2.38. The van der Waals surface area contributed by atoms with Gasteiger partial charge in [0.2, 0.25) is 5.91 Å². The summed E-state index contributed by atoms with van der Waals surface area (Å²) in [5, 5.41) is 0. The van der Waals surface area contributed by atoms with E-state index in [0.29, 0.717) is 25.2 Å². The van der Waals surface area contributed by atoms with E-state index in [2.05, 4.69) is 0 Å². The number of rotatable bonds is 3. The van der Waals surface area contributed by atoms with Gasteiger partial charge in [-0.3, -0.25) is 9.59 Å². The van der Waals surface area contributed by atoms with Crippen LogP contribution in [0.4, 0.5) is 0 Å². The second kappa shape index (κ2) is 7.30. The minimum atomic E-state index is -3.29. The number of benzene rings is 2. The fourth-order valence-electron chi connectivity index (χ4n) is 4.64. The molecule has 2 aliphatic rings. The molecule has 2 aromatic rings. The van der Waals surface area contributed by atoms with Crippen LogP contribution in [-0.4, -0.2) is 55.9 Å². The molecule has 3 atom stereocenters. The number of hydrogen-bond acceptors (Lipinski definition) is 4. The van der Waals surface area contributed by atoms with E-state index in [4.69, 9.17) is 0 Å². The fraction of sp³-hybridized carbons (Fsp3) is 0.364. The summed E-state index contributed by atoms with van der Waals surface area (Å²) < 4.78 is 23.3. The maximum Gasteiger partial charge on any atom is 0.253 e. The molecule has 2 aliphatic heterocycles. The average molecular weight is 413 g/mol. The van der Waals surface area contributed by atoms with Crippen LogP contribution in [0.3, 0.4) is 0 Å². The van der Waals surface area contributed by atoms with Crippen molar-refractivity contribution in [2.45, 2.75) is 17.9 Å². The summed E-state index contributed by atoms with van der Waals surface area (Å²) in [7, 11) is -3.29. The second-order valence-corrected chi connectivity index (χ2v) is 9.97. The van der Waals surface area contributed by atoms with Crippen LogP contribution in [-0.2, 0) is 14.6 Å². The molecule has 0 radical (unpaired) electrons. The molecule has 0 aromatic heterocycles. The zero-order valence-corrected chi connectivity index (χ0v) is 17.3. The molecule has 4 rings (SSSR count). The molecule has 7 heteroatoms. The average Bonchev–Trinajstić information content (AvgIpc) is 3.25. The Hall–Kier alpha value is -2.67. The summed E-state index contributed by atoms with van der Waals surface area (Å²) in [6, 6.07) is 16.1. The molecule has 2 amide bonds. The molecule has 0 aliphatic carbocycles. The Balaban J connectivity index is 1.55. The number of hydrogen-bond donors (Lipinski definition) is 0. The third-order valence-corrected chi connectivity index (χ3v) is 7.15. The molecule has 0 spiro atoms. The van der Waals surface area contributed by atoms with Gasteiger partial charge < -0.3 is 9.80 Å². The van der Waals surface area contributed by atoms with E-state index in [1.54, 1.807) is 19.1 Å². The molecule has 0 bridgehead atoms. The molecule has 29 heavy (non-hydrogen) atoms. The van der Waals surface area contributed by atoms with Gasteiger partial charge in [0.25, 0.3) is 5.91 Å². The van der Waals surface area contributed by atoms with E-state index >= 15 is 0 Å². The molecule has 2 aromatic carbocycles. The van der Waals surface area contributed by atoms with Gasteiger partial charge in [-0.25, -0.2) is 8.42 Å². The zero-order valence-electron chi connectivity index (χ0n) is 16.5. The normalized spacial score (nSPS) is 23.9. The van der Waals surface area contributed by atoms with Gasteiger partial charge in [-0.1, -0.05) is 30.3 Å². The molecule has 0 unspecified atom stereocenters. The number of fused-ring (bicyclic) bond motifs is 1. The van der Waals surface area contributed by atoms with Crippen molar-refractivity contribution in [3.63, 3.8) is 0 Å². The van der Waals surface area contributed by atoms with Gasteiger partial charge in [0.15, 0.2) is 9.84 Å². The second-order valence-electron chi connectivity index (χ2n) is 7.96. The van der Waals surface area contributed by atoms with Crippen LogP contribution < -0.4 is 0 Å². The highest BCUT2D eigenvalue weighted by Gasteiger charge is 2.49. The lowest BCUT2D eigenvalue weighted by molar-refractivity contribution is -0.130. The first-order valence-corrected chi connectivity index (χ1v) is 11.6. The first kappa shape index (κ1) is 19.6. The number of amides is 2. The number of nitrogens with zero attached hydrogens (tertiary/aromatic N) is 2. The van der Waals surface area contributed by atoms with E-state index in [1.165, 1.54) is 12.1 Å². The Bertz CT molecular complexity index is 1030. The Morgan fingerprint density at radius 3 is 2.17 bits per heavy atom. The van der Waals surface area contributed by atoms with Gasteiger partial charge in [-0.15, -0.1) is 0 Å². The molecule has 152 valence electrons. The maximum absolute atomic E-state index is 13.0. The van der Waals surface area contributed by atoms with Gasteiger partial charge in [0, 0.05) is 50.2 Å². The summed E-state index contributed by atoms with van der Waals surface area (Å²) in [4.78, 5) is 29.2. The summed E-state index contributed by atoms with van der Waals surface area (Å²) in [6.45, 7) is 3.44. The van der Waals surface area contributed by atoms with E-state index < -0.39 is 9.84 Å². The van der Waals surface area contributed by atoms with Crippen LogP contribution in [0.25, 0.3) is 0 Å². The van der Waals surface area contributed by atoms with Crippen LogP contribution in [0.15, 0.2) is 59.5 Å². The third kappa shape index (κ3) is 3.67. The van der Waals surface area contributed by atoms with Crippen LogP contribution >= 0.6 is 0 Å². The summed E-state index contributed by atoms with van der Waals surface area (Å²) in [5.41, 5.74) is 1.58. The lowest BCUT2D eigenvalue weighted by Crippen LogP contribution is -2.36. The Labute approximate surface area is 171 Å². The maximum atomic E-state index is 13.0. The molecule has 2 fully saturated rings. The highest BCUT2D eigenvalue weighted by Crippen LogP contribution is 2.45. The molecule has 2 heterocycles. The summed E-state index contributed by atoms with van der Waals surface area (Å²) in [6.07, 6.45) is 1.15. The standard InChI is InChI=1S/C22H24N2O4S/c1-15(25)24-13-18-12-23(14-20(18)21(24)16-6-4-3-5-7-16)22(26)17-8-10-19(11-9-17)29(2,27)28/h3-11,18,20-21H,12-14H2,1-2H3/t18-,20-,21+/m1/s1. The van der Waals surface area contributed by atoms with Crippen molar-refractivity contribution in [1.82, 2.24) is 9.80 Å². The van der Waals surface area contributed by atoms with E-state index in [0.717, 1.165) is 11.8 Å². The minimum Gasteiger partial charge on any atom is -0.338 e. The van der Waals surface area contributed by atoms with E-state index in [1.807, 2.05) is 40.1 Å². The third-order valence-electron chi connectivity index (χ3n) is 6.03. The van der Waals surface area contributed by atoms with Crippen LogP contribution in [0.5, 0.6) is 0 Å². The quantitative estimate of drug-likeness (QED) is 0.776. The monoisotopic (exact) mass is 412 g/mol. The number of carbonyl (C=O) groups is 2. The minimum absolute atomic E-state index is 0.0240. The lowest BCUT2D eigenvalue weighted by atomic mass is 9.89. The van der Waals surface area contributed by atoms with Crippen LogP contribution in [0.2, 0.25) is 0 Å². The highest BCUT2D eigenvalue weighted by molar-refractivity contribution is 7.90. The summed E-state index contributed by atoms with van der Waals surface area (Å²) in [5.74, 6) is 0.395. The Morgan fingerprint density at radius 2 is 1.59 bits per heavy atom. The SMILES string of the molecule is CC(=O)N1C[C@H]2CN(C(=O)c3ccc(S(C)(=O)=O)cc3)C[C@H]2[C@@H]1c1ccccc1. The molecular formula is C22H24N2O4S. The Morgan fingerprint density at radius 1 is 0.931 bits per heavy atom. The van der Waals surface area contributed by atoms with Crippen molar-refractivity contribution in [1.29, 1.82) is 0 Å². The lowest BCUT2D eigenvalue weighted by Gasteiger charge is -2.29. The van der Waals surface area contributed by atoms with Gasteiger partial charge in [0.1, 0.15) is 0 Å². The molecule has 2 saturated heterocycles. The smallest absolute Gasteiger partial charge is 0.253 e. The van der Waals surface area contributed by atoms with Gasteiger partial charge in [-0.2, -0.15) is 0 Å². The van der Waals surface area contributed by atoms with Crippen molar-refractivity contribution < 1.29 is 18.0 Å². The topological polar surface area (TPSA) is 74.8 Å². The predicted molar refractivity (Wildman–Crippen MR) is 109 cm³/mol. The molecule has 0 N–H and O–H groups in total.